The van der Waals surface area contributed by atoms with Crippen LogP contribution in [-0.4, -0.2) is 39.4 Å². The first-order valence-corrected chi connectivity index (χ1v) is 5.42. The largest absolute Gasteiger partial charge is 0.383 e. The van der Waals surface area contributed by atoms with Gasteiger partial charge in [0.25, 0.3) is 0 Å². The minimum Gasteiger partial charge on any atom is -0.383 e. The van der Waals surface area contributed by atoms with E-state index in [2.05, 4.69) is 40.5 Å². The van der Waals surface area contributed by atoms with Crippen molar-refractivity contribution in [2.45, 2.75) is 6.04 Å². The van der Waals surface area contributed by atoms with Crippen LogP contribution in [-0.2, 0) is 4.74 Å². The molecule has 1 N–H and O–H groups in total. The van der Waals surface area contributed by atoms with E-state index in [-0.39, 0.29) is 0 Å². The molecule has 1 aliphatic heterocycles. The van der Waals surface area contributed by atoms with Gasteiger partial charge in [-0.1, -0.05) is 18.2 Å². The summed E-state index contributed by atoms with van der Waals surface area (Å²) in [6.07, 6.45) is 0. The SMILES string of the molecule is COC[C@@H]1CN(c2ccccc2)CCN1. The van der Waals surface area contributed by atoms with Crippen molar-refractivity contribution in [3.63, 3.8) is 0 Å². The molecule has 15 heavy (non-hydrogen) atoms. The highest BCUT2D eigenvalue weighted by Crippen LogP contribution is 2.14. The van der Waals surface area contributed by atoms with Crippen molar-refractivity contribution in [2.24, 2.45) is 0 Å². The smallest absolute Gasteiger partial charge is 0.0633 e. The van der Waals surface area contributed by atoms with Crippen molar-refractivity contribution in [3.05, 3.63) is 30.3 Å². The van der Waals surface area contributed by atoms with Crippen molar-refractivity contribution < 1.29 is 4.74 Å². The summed E-state index contributed by atoms with van der Waals surface area (Å²) in [4.78, 5) is 2.40. The van der Waals surface area contributed by atoms with Gasteiger partial charge in [0.05, 0.1) is 6.61 Å². The van der Waals surface area contributed by atoms with Crippen LogP contribution in [0.3, 0.4) is 0 Å². The molecule has 1 heterocycles. The summed E-state index contributed by atoms with van der Waals surface area (Å²) in [5.41, 5.74) is 1.31. The first kappa shape index (κ1) is 10.5. The van der Waals surface area contributed by atoms with Crippen molar-refractivity contribution >= 4 is 5.69 Å². The van der Waals surface area contributed by atoms with Crippen LogP contribution >= 0.6 is 0 Å². The zero-order chi connectivity index (χ0) is 10.5. The summed E-state index contributed by atoms with van der Waals surface area (Å²) in [7, 11) is 1.75. The number of methoxy groups -OCH3 is 1. The van der Waals surface area contributed by atoms with Crippen molar-refractivity contribution in [3.8, 4) is 0 Å². The lowest BCUT2D eigenvalue weighted by atomic mass is 10.2. The molecule has 0 spiro atoms. The summed E-state index contributed by atoms with van der Waals surface area (Å²) in [5.74, 6) is 0. The van der Waals surface area contributed by atoms with Gasteiger partial charge in [-0.05, 0) is 12.1 Å². The molecular weight excluding hydrogens is 188 g/mol. The molecule has 2 rings (SSSR count). The quantitative estimate of drug-likeness (QED) is 0.802. The molecular formula is C12H18N2O. The highest BCUT2D eigenvalue weighted by Gasteiger charge is 2.18. The topological polar surface area (TPSA) is 24.5 Å². The van der Waals surface area contributed by atoms with Crippen LogP contribution in [0.2, 0.25) is 0 Å². The Bertz CT molecular complexity index is 287. The van der Waals surface area contributed by atoms with Crippen LogP contribution in [0.15, 0.2) is 30.3 Å². The Kier molecular flexibility index (Phi) is 3.59. The van der Waals surface area contributed by atoms with Crippen LogP contribution in [0.25, 0.3) is 0 Å². The minimum absolute atomic E-state index is 0.448. The summed E-state index contributed by atoms with van der Waals surface area (Å²) >= 11 is 0. The first-order chi connectivity index (χ1) is 7.40. The van der Waals surface area contributed by atoms with Crippen LogP contribution in [0.5, 0.6) is 0 Å². The van der Waals surface area contributed by atoms with Crippen molar-refractivity contribution in [2.75, 3.05) is 38.3 Å². The Hall–Kier alpha value is -1.06. The van der Waals surface area contributed by atoms with E-state index in [1.54, 1.807) is 7.11 Å². The van der Waals surface area contributed by atoms with E-state index in [9.17, 15) is 0 Å². The van der Waals surface area contributed by atoms with Gasteiger partial charge in [-0.2, -0.15) is 0 Å². The molecule has 0 bridgehead atoms. The van der Waals surface area contributed by atoms with Gasteiger partial charge >= 0.3 is 0 Å². The minimum atomic E-state index is 0.448. The van der Waals surface area contributed by atoms with Gasteiger partial charge in [0.2, 0.25) is 0 Å². The molecule has 1 aromatic rings. The highest BCUT2D eigenvalue weighted by atomic mass is 16.5. The molecule has 0 aromatic heterocycles. The predicted molar refractivity (Wildman–Crippen MR) is 62.3 cm³/mol. The maximum Gasteiger partial charge on any atom is 0.0633 e. The van der Waals surface area contributed by atoms with E-state index in [0.29, 0.717) is 6.04 Å². The lowest BCUT2D eigenvalue weighted by Gasteiger charge is -2.34. The Labute approximate surface area is 91.0 Å². The normalized spacial score (nSPS) is 21.7. The zero-order valence-electron chi connectivity index (χ0n) is 9.15. The zero-order valence-corrected chi connectivity index (χ0v) is 9.15. The molecule has 0 radical (unpaired) electrons. The average Bonchev–Trinajstić information content (AvgIpc) is 2.31. The molecule has 1 saturated heterocycles. The third-order valence-corrected chi connectivity index (χ3v) is 2.74. The van der Waals surface area contributed by atoms with Crippen molar-refractivity contribution in [1.29, 1.82) is 0 Å². The molecule has 0 amide bonds. The molecule has 82 valence electrons. The fourth-order valence-electron chi connectivity index (χ4n) is 2.01. The number of anilines is 1. The van der Waals surface area contributed by atoms with Crippen LogP contribution in [0, 0.1) is 0 Å². The molecule has 0 saturated carbocycles. The second-order valence-corrected chi connectivity index (χ2v) is 3.89. The number of ether oxygens (including phenoxy) is 1. The number of hydrogen-bond acceptors (Lipinski definition) is 3. The molecule has 1 fully saturated rings. The number of hydrogen-bond donors (Lipinski definition) is 1. The third kappa shape index (κ3) is 2.70. The van der Waals surface area contributed by atoms with E-state index in [0.717, 1.165) is 26.2 Å². The number of piperazine rings is 1. The maximum absolute atomic E-state index is 5.18. The molecule has 1 atom stereocenters. The fourth-order valence-corrected chi connectivity index (χ4v) is 2.01. The Morgan fingerprint density at radius 2 is 2.20 bits per heavy atom. The van der Waals surface area contributed by atoms with E-state index >= 15 is 0 Å². The van der Waals surface area contributed by atoms with Crippen LogP contribution in [0.1, 0.15) is 0 Å². The summed E-state index contributed by atoms with van der Waals surface area (Å²) < 4.78 is 5.18. The molecule has 3 heteroatoms. The fraction of sp³-hybridized carbons (Fsp3) is 0.500. The van der Waals surface area contributed by atoms with Crippen LogP contribution in [0.4, 0.5) is 5.69 Å². The van der Waals surface area contributed by atoms with Gasteiger partial charge in [0, 0.05) is 38.5 Å². The first-order valence-electron chi connectivity index (χ1n) is 5.42. The Balaban J connectivity index is 1.98. The summed E-state index contributed by atoms with van der Waals surface area (Å²) in [6.45, 7) is 3.91. The second-order valence-electron chi connectivity index (χ2n) is 3.89. The Morgan fingerprint density at radius 1 is 1.40 bits per heavy atom. The van der Waals surface area contributed by atoms with E-state index in [1.165, 1.54) is 5.69 Å². The standard InChI is InChI=1S/C12H18N2O/c1-15-10-11-9-14(8-7-13-11)12-5-3-2-4-6-12/h2-6,11,13H,7-10H2,1H3/t11-/m0/s1. The monoisotopic (exact) mass is 206 g/mol. The molecule has 0 unspecified atom stereocenters. The third-order valence-electron chi connectivity index (χ3n) is 2.74. The second kappa shape index (κ2) is 5.14. The lowest BCUT2D eigenvalue weighted by molar-refractivity contribution is 0.163. The number of rotatable bonds is 3. The van der Waals surface area contributed by atoms with Gasteiger partial charge in [-0.25, -0.2) is 0 Å². The van der Waals surface area contributed by atoms with Crippen molar-refractivity contribution in [1.82, 2.24) is 5.32 Å². The van der Waals surface area contributed by atoms with E-state index in [1.807, 2.05) is 0 Å². The predicted octanol–water partition coefficient (Wildman–Crippen LogP) is 1.11. The number of nitrogens with zero attached hydrogens (tertiary/aromatic N) is 1. The highest BCUT2D eigenvalue weighted by molar-refractivity contribution is 5.46. The molecule has 1 aliphatic rings. The van der Waals surface area contributed by atoms with Crippen LogP contribution < -0.4 is 10.2 Å². The summed E-state index contributed by atoms with van der Waals surface area (Å²) in [6, 6.07) is 11.0. The van der Waals surface area contributed by atoms with Gasteiger partial charge in [0.15, 0.2) is 0 Å². The number of para-hydroxylation sites is 1. The van der Waals surface area contributed by atoms with Gasteiger partial charge in [0.1, 0.15) is 0 Å². The number of benzene rings is 1. The van der Waals surface area contributed by atoms with Gasteiger partial charge < -0.3 is 15.0 Å². The average molecular weight is 206 g/mol. The molecule has 3 nitrogen and oxygen atoms in total. The van der Waals surface area contributed by atoms with Gasteiger partial charge in [-0.3, -0.25) is 0 Å². The maximum atomic E-state index is 5.18. The van der Waals surface area contributed by atoms with Gasteiger partial charge in [-0.15, -0.1) is 0 Å². The summed E-state index contributed by atoms with van der Waals surface area (Å²) in [5, 5.41) is 3.45. The van der Waals surface area contributed by atoms with E-state index in [4.69, 9.17) is 4.74 Å². The lowest BCUT2D eigenvalue weighted by Crippen LogP contribution is -2.52. The van der Waals surface area contributed by atoms with E-state index < -0.39 is 0 Å². The Morgan fingerprint density at radius 3 is 2.93 bits per heavy atom. The number of nitrogens with one attached hydrogen (secondary N) is 1. The molecule has 0 aliphatic carbocycles. The molecule has 1 aromatic carbocycles.